The fraction of sp³-hybridized carbons (Fsp3) is 0.143. The number of H-pyrrole nitrogens is 1. The number of anilines is 1. The molecule has 1 aromatic heterocycles. The molecule has 2 aromatic carbocycles. The topological polar surface area (TPSA) is 158 Å². The number of aromatic amines is 1. The Morgan fingerprint density at radius 1 is 0.865 bits per heavy atom. The maximum atomic E-state index is 12.2. The number of carboxylic acid groups (broad SMARTS) is 2. The Balaban J connectivity index is 0.000000404. The Hall–Kier alpha value is -4.11. The number of carbonyl (C=O) groups is 3. The van der Waals surface area contributed by atoms with Gasteiger partial charge in [-0.15, -0.1) is 0 Å². The second kappa shape index (κ2) is 13.3. The Labute approximate surface area is 208 Å². The van der Waals surface area contributed by atoms with Gasteiger partial charge in [0.25, 0.3) is 0 Å². The van der Waals surface area contributed by atoms with Crippen molar-refractivity contribution in [1.29, 1.82) is 0 Å². The molecule has 200 valence electrons. The van der Waals surface area contributed by atoms with Crippen LogP contribution in [-0.4, -0.2) is 50.6 Å². The van der Waals surface area contributed by atoms with Gasteiger partial charge in [0.1, 0.15) is 6.04 Å². The van der Waals surface area contributed by atoms with Crippen LogP contribution in [-0.2, 0) is 14.4 Å². The van der Waals surface area contributed by atoms with E-state index in [1.165, 1.54) is 0 Å². The van der Waals surface area contributed by atoms with E-state index in [1.807, 2.05) is 30.5 Å². The lowest BCUT2D eigenvalue weighted by molar-refractivity contribution is -0.193. The lowest BCUT2D eigenvalue weighted by atomic mass is 10.1. The van der Waals surface area contributed by atoms with Gasteiger partial charge in [-0.1, -0.05) is 35.9 Å². The number of carboxylic acids is 2. The zero-order chi connectivity index (χ0) is 28.4. The highest BCUT2D eigenvalue weighted by Crippen LogP contribution is 2.21. The number of nitrogens with zero attached hydrogens (tertiary/aromatic N) is 1. The standard InChI is InChI=1S/C17H15ClN4O.2C2HF3O2/c18-14-5-1-12(2-6-14)16(19)17(23)22-15-7-3-11(4-8-15)13-9-20-21-10-13;2*3-2(4,5)1(6)7/h1-10,16H,19H2,(H,20,21)(H,22,23);2*(H,6,7). The Bertz CT molecular complexity index is 1140. The molecule has 9 nitrogen and oxygen atoms in total. The van der Waals surface area contributed by atoms with Gasteiger partial charge in [-0.05, 0) is 35.4 Å². The molecule has 1 heterocycles. The minimum Gasteiger partial charge on any atom is -0.475 e. The highest BCUT2D eigenvalue weighted by atomic mass is 35.5. The first-order chi connectivity index (χ1) is 17.0. The molecular weight excluding hydrogens is 538 g/mol. The molecule has 1 atom stereocenters. The fourth-order valence-corrected chi connectivity index (χ4v) is 2.32. The van der Waals surface area contributed by atoms with E-state index < -0.39 is 30.3 Å². The number of alkyl halides is 6. The molecule has 0 aliphatic carbocycles. The van der Waals surface area contributed by atoms with E-state index in [0.717, 1.165) is 11.1 Å². The molecule has 16 heteroatoms. The van der Waals surface area contributed by atoms with Crippen LogP contribution in [0, 0.1) is 0 Å². The van der Waals surface area contributed by atoms with Crippen molar-refractivity contribution < 1.29 is 50.9 Å². The number of nitrogens with two attached hydrogens (primary N) is 1. The fourth-order valence-electron chi connectivity index (χ4n) is 2.20. The monoisotopic (exact) mass is 554 g/mol. The first-order valence-corrected chi connectivity index (χ1v) is 9.91. The van der Waals surface area contributed by atoms with Gasteiger partial charge < -0.3 is 21.3 Å². The van der Waals surface area contributed by atoms with E-state index in [0.29, 0.717) is 16.3 Å². The summed E-state index contributed by atoms with van der Waals surface area (Å²) in [6.45, 7) is 0. The molecule has 0 bridgehead atoms. The number of amides is 1. The number of benzene rings is 2. The molecule has 0 spiro atoms. The highest BCUT2D eigenvalue weighted by Gasteiger charge is 2.38. The molecule has 0 radical (unpaired) electrons. The molecule has 0 fully saturated rings. The van der Waals surface area contributed by atoms with Crippen LogP contribution in [0.5, 0.6) is 0 Å². The number of nitrogens with one attached hydrogen (secondary N) is 2. The van der Waals surface area contributed by atoms with Gasteiger partial charge in [-0.3, -0.25) is 9.89 Å². The van der Waals surface area contributed by atoms with Crippen LogP contribution in [0.3, 0.4) is 0 Å². The SMILES string of the molecule is NC(C(=O)Nc1ccc(-c2cn[nH]c2)cc1)c1ccc(Cl)cc1.O=C(O)C(F)(F)F.O=C(O)C(F)(F)F. The summed E-state index contributed by atoms with van der Waals surface area (Å²) in [6, 6.07) is 13.6. The predicted octanol–water partition coefficient (Wildman–Crippen LogP) is 4.64. The van der Waals surface area contributed by atoms with Gasteiger partial charge >= 0.3 is 24.3 Å². The minimum atomic E-state index is -5.08. The average molecular weight is 555 g/mol. The summed E-state index contributed by atoms with van der Waals surface area (Å²) in [6.07, 6.45) is -6.62. The second-order valence-corrected chi connectivity index (χ2v) is 7.13. The molecule has 37 heavy (non-hydrogen) atoms. The molecule has 0 saturated carbocycles. The number of halogens is 7. The third-order valence-corrected chi connectivity index (χ3v) is 4.23. The molecule has 0 saturated heterocycles. The minimum absolute atomic E-state index is 0.275. The van der Waals surface area contributed by atoms with Crippen LogP contribution in [0.25, 0.3) is 11.1 Å². The van der Waals surface area contributed by atoms with Crippen molar-refractivity contribution in [3.05, 3.63) is 71.5 Å². The van der Waals surface area contributed by atoms with Crippen LogP contribution < -0.4 is 11.1 Å². The maximum absolute atomic E-state index is 12.2. The lowest BCUT2D eigenvalue weighted by Crippen LogP contribution is -2.27. The predicted molar refractivity (Wildman–Crippen MR) is 118 cm³/mol. The quantitative estimate of drug-likeness (QED) is 0.294. The summed E-state index contributed by atoms with van der Waals surface area (Å²) in [5.74, 6) is -5.79. The normalized spacial score (nSPS) is 11.7. The molecule has 3 aromatic rings. The van der Waals surface area contributed by atoms with Crippen molar-refractivity contribution in [1.82, 2.24) is 10.2 Å². The number of aromatic nitrogens is 2. The number of hydrogen-bond donors (Lipinski definition) is 5. The van der Waals surface area contributed by atoms with Crippen molar-refractivity contribution >= 4 is 35.1 Å². The van der Waals surface area contributed by atoms with Gasteiger partial charge in [0, 0.05) is 22.5 Å². The van der Waals surface area contributed by atoms with Crippen molar-refractivity contribution in [3.8, 4) is 11.1 Å². The van der Waals surface area contributed by atoms with E-state index >= 15 is 0 Å². The summed E-state index contributed by atoms with van der Waals surface area (Å²) in [5.41, 5.74) is 9.37. The summed E-state index contributed by atoms with van der Waals surface area (Å²) in [7, 11) is 0. The van der Waals surface area contributed by atoms with E-state index in [-0.39, 0.29) is 5.91 Å². The van der Waals surface area contributed by atoms with Crippen LogP contribution in [0.15, 0.2) is 60.9 Å². The summed E-state index contributed by atoms with van der Waals surface area (Å²) in [4.78, 5) is 30.0. The average Bonchev–Trinajstić information content (AvgIpc) is 3.34. The van der Waals surface area contributed by atoms with Crippen molar-refractivity contribution in [2.45, 2.75) is 18.4 Å². The largest absolute Gasteiger partial charge is 0.490 e. The summed E-state index contributed by atoms with van der Waals surface area (Å²) < 4.78 is 63.5. The zero-order valence-electron chi connectivity index (χ0n) is 18.1. The van der Waals surface area contributed by atoms with Gasteiger partial charge in [-0.2, -0.15) is 31.4 Å². The number of hydrogen-bond acceptors (Lipinski definition) is 5. The summed E-state index contributed by atoms with van der Waals surface area (Å²) >= 11 is 5.83. The molecule has 0 aliphatic rings. The molecule has 6 N–H and O–H groups in total. The van der Waals surface area contributed by atoms with Gasteiger partial charge in [0.15, 0.2) is 0 Å². The van der Waals surface area contributed by atoms with Gasteiger partial charge in [0.2, 0.25) is 5.91 Å². The highest BCUT2D eigenvalue weighted by molar-refractivity contribution is 6.30. The van der Waals surface area contributed by atoms with E-state index in [1.54, 1.807) is 30.5 Å². The number of carbonyl (C=O) groups excluding carboxylic acids is 1. The molecular formula is C21H17ClF6N4O5. The van der Waals surface area contributed by atoms with Crippen molar-refractivity contribution in [2.24, 2.45) is 5.73 Å². The zero-order valence-corrected chi connectivity index (χ0v) is 18.9. The van der Waals surface area contributed by atoms with Crippen LogP contribution in [0.1, 0.15) is 11.6 Å². The van der Waals surface area contributed by atoms with Crippen molar-refractivity contribution in [2.75, 3.05) is 5.32 Å². The number of aliphatic carboxylic acids is 2. The third-order valence-electron chi connectivity index (χ3n) is 3.98. The Kier molecular flexibility index (Phi) is 11.1. The van der Waals surface area contributed by atoms with E-state index in [9.17, 15) is 31.1 Å². The first-order valence-electron chi connectivity index (χ1n) is 9.53. The van der Waals surface area contributed by atoms with E-state index in [2.05, 4.69) is 15.5 Å². The molecule has 1 unspecified atom stereocenters. The number of rotatable bonds is 4. The van der Waals surface area contributed by atoms with Gasteiger partial charge in [-0.25, -0.2) is 9.59 Å². The molecule has 1 amide bonds. The van der Waals surface area contributed by atoms with Crippen LogP contribution in [0.2, 0.25) is 5.02 Å². The molecule has 3 rings (SSSR count). The maximum Gasteiger partial charge on any atom is 0.490 e. The third kappa shape index (κ3) is 11.0. The van der Waals surface area contributed by atoms with Crippen LogP contribution >= 0.6 is 11.6 Å². The Morgan fingerprint density at radius 3 is 1.70 bits per heavy atom. The van der Waals surface area contributed by atoms with Crippen LogP contribution in [0.4, 0.5) is 32.0 Å². The lowest BCUT2D eigenvalue weighted by Gasteiger charge is -2.13. The Morgan fingerprint density at radius 2 is 1.32 bits per heavy atom. The summed E-state index contributed by atoms with van der Waals surface area (Å²) in [5, 5.41) is 24.3. The smallest absolute Gasteiger partial charge is 0.475 e. The van der Waals surface area contributed by atoms with Gasteiger partial charge in [0.05, 0.1) is 6.20 Å². The van der Waals surface area contributed by atoms with E-state index in [4.69, 9.17) is 37.1 Å². The first kappa shape index (κ1) is 30.9. The van der Waals surface area contributed by atoms with Crippen molar-refractivity contribution in [3.63, 3.8) is 0 Å². The second-order valence-electron chi connectivity index (χ2n) is 6.69. The molecule has 0 aliphatic heterocycles.